The number of phenols is 1. The van der Waals surface area contributed by atoms with Crippen molar-refractivity contribution < 1.29 is 19.4 Å². The van der Waals surface area contributed by atoms with Gasteiger partial charge in [0.15, 0.2) is 0 Å². The van der Waals surface area contributed by atoms with Gasteiger partial charge in [-0.3, -0.25) is 0 Å². The summed E-state index contributed by atoms with van der Waals surface area (Å²) >= 11 is 0. The predicted octanol–water partition coefficient (Wildman–Crippen LogP) is 2.82. The Labute approximate surface area is 121 Å². The second kappa shape index (κ2) is 6.42. The van der Waals surface area contributed by atoms with Gasteiger partial charge in [0.1, 0.15) is 5.75 Å². The van der Waals surface area contributed by atoms with E-state index in [0.29, 0.717) is 5.69 Å². The molecule has 0 saturated carbocycles. The molecule has 0 unspecified atom stereocenters. The van der Waals surface area contributed by atoms with Crippen LogP contribution in [-0.4, -0.2) is 24.2 Å². The molecule has 0 radical (unpaired) electrons. The second-order valence-corrected chi connectivity index (χ2v) is 4.13. The number of anilines is 2. The molecule has 0 heterocycles. The number of hydrogen-bond acceptors (Lipinski definition) is 4. The smallest absolute Gasteiger partial charge is 0.339 e. The molecule has 108 valence electrons. The standard InChI is InChI=1S/C15H14N2O4/c1-21-14(19)10-6-2-3-7-11(10)16-15(20)17-12-8-4-5-9-13(12)18/h2-9,18H,1H3,(H2,16,17,20). The number of nitrogens with one attached hydrogen (secondary N) is 2. The number of phenolic OH excluding ortho intramolecular Hbond substituents is 1. The van der Waals surface area contributed by atoms with Crippen LogP contribution in [0.4, 0.5) is 16.2 Å². The van der Waals surface area contributed by atoms with E-state index >= 15 is 0 Å². The average molecular weight is 286 g/mol. The third kappa shape index (κ3) is 3.50. The van der Waals surface area contributed by atoms with E-state index in [0.717, 1.165) is 0 Å². The van der Waals surface area contributed by atoms with Gasteiger partial charge in [-0.1, -0.05) is 24.3 Å². The molecule has 0 aromatic heterocycles. The number of carbonyl (C=O) groups is 2. The number of urea groups is 1. The summed E-state index contributed by atoms with van der Waals surface area (Å²) in [6.45, 7) is 0. The summed E-state index contributed by atoms with van der Waals surface area (Å²) < 4.78 is 4.65. The Balaban J connectivity index is 2.14. The molecule has 0 saturated heterocycles. The molecule has 0 atom stereocenters. The van der Waals surface area contributed by atoms with E-state index in [4.69, 9.17) is 0 Å². The maximum atomic E-state index is 11.9. The average Bonchev–Trinajstić information content (AvgIpc) is 2.49. The van der Waals surface area contributed by atoms with Crippen LogP contribution >= 0.6 is 0 Å². The van der Waals surface area contributed by atoms with E-state index in [9.17, 15) is 14.7 Å². The molecule has 6 nitrogen and oxygen atoms in total. The molecule has 2 amide bonds. The lowest BCUT2D eigenvalue weighted by Crippen LogP contribution is -2.21. The van der Waals surface area contributed by atoms with Crippen LogP contribution in [0.2, 0.25) is 0 Å². The quantitative estimate of drug-likeness (QED) is 0.598. The normalized spacial score (nSPS) is 9.76. The van der Waals surface area contributed by atoms with Crippen molar-refractivity contribution in [2.75, 3.05) is 17.7 Å². The number of para-hydroxylation sites is 3. The summed E-state index contributed by atoms with van der Waals surface area (Å²) in [4.78, 5) is 23.5. The van der Waals surface area contributed by atoms with Crippen molar-refractivity contribution in [2.45, 2.75) is 0 Å². The van der Waals surface area contributed by atoms with E-state index in [1.54, 1.807) is 42.5 Å². The highest BCUT2D eigenvalue weighted by molar-refractivity contribution is 6.05. The van der Waals surface area contributed by atoms with E-state index in [1.165, 1.54) is 13.2 Å². The number of esters is 1. The van der Waals surface area contributed by atoms with Gasteiger partial charge in [0.05, 0.1) is 24.0 Å². The van der Waals surface area contributed by atoms with Gasteiger partial charge in [-0.15, -0.1) is 0 Å². The lowest BCUT2D eigenvalue weighted by Gasteiger charge is -2.11. The van der Waals surface area contributed by atoms with Crippen LogP contribution in [0.15, 0.2) is 48.5 Å². The van der Waals surface area contributed by atoms with Crippen molar-refractivity contribution in [3.05, 3.63) is 54.1 Å². The molecule has 0 aliphatic heterocycles. The maximum Gasteiger partial charge on any atom is 0.339 e. The van der Waals surface area contributed by atoms with Gasteiger partial charge in [0, 0.05) is 0 Å². The van der Waals surface area contributed by atoms with Gasteiger partial charge in [-0.05, 0) is 24.3 Å². The van der Waals surface area contributed by atoms with E-state index in [-0.39, 0.29) is 17.0 Å². The Hall–Kier alpha value is -3.02. The van der Waals surface area contributed by atoms with Crippen molar-refractivity contribution in [3.8, 4) is 5.75 Å². The fraction of sp³-hybridized carbons (Fsp3) is 0.0667. The van der Waals surface area contributed by atoms with Crippen molar-refractivity contribution in [2.24, 2.45) is 0 Å². The molecule has 2 aromatic carbocycles. The SMILES string of the molecule is COC(=O)c1ccccc1NC(=O)Nc1ccccc1O. The van der Waals surface area contributed by atoms with Crippen LogP contribution in [0, 0.1) is 0 Å². The van der Waals surface area contributed by atoms with Gasteiger partial charge < -0.3 is 20.5 Å². The van der Waals surface area contributed by atoms with Gasteiger partial charge in [-0.2, -0.15) is 0 Å². The van der Waals surface area contributed by atoms with Crippen LogP contribution in [0.25, 0.3) is 0 Å². The van der Waals surface area contributed by atoms with Crippen LogP contribution in [0.1, 0.15) is 10.4 Å². The number of hydrogen-bond donors (Lipinski definition) is 3. The molecule has 2 aromatic rings. The topological polar surface area (TPSA) is 87.7 Å². The van der Waals surface area contributed by atoms with Crippen molar-refractivity contribution in [1.29, 1.82) is 0 Å². The molecule has 0 aliphatic carbocycles. The molecule has 0 bridgehead atoms. The molecule has 2 rings (SSSR count). The largest absolute Gasteiger partial charge is 0.506 e. The number of methoxy groups -OCH3 is 1. The van der Waals surface area contributed by atoms with Gasteiger partial charge >= 0.3 is 12.0 Å². The molecular formula is C15H14N2O4. The minimum Gasteiger partial charge on any atom is -0.506 e. The second-order valence-electron chi connectivity index (χ2n) is 4.13. The number of aromatic hydroxyl groups is 1. The van der Waals surface area contributed by atoms with Crippen LogP contribution in [0.3, 0.4) is 0 Å². The number of benzene rings is 2. The lowest BCUT2D eigenvalue weighted by atomic mass is 10.2. The zero-order valence-corrected chi connectivity index (χ0v) is 11.3. The third-order valence-electron chi connectivity index (χ3n) is 2.73. The summed E-state index contributed by atoms with van der Waals surface area (Å²) in [6, 6.07) is 12.2. The van der Waals surface area contributed by atoms with Gasteiger partial charge in [-0.25, -0.2) is 9.59 Å². The van der Waals surface area contributed by atoms with Gasteiger partial charge in [0.2, 0.25) is 0 Å². The van der Waals surface area contributed by atoms with Crippen molar-refractivity contribution in [1.82, 2.24) is 0 Å². The van der Waals surface area contributed by atoms with Crippen molar-refractivity contribution >= 4 is 23.4 Å². The summed E-state index contributed by atoms with van der Waals surface area (Å²) in [5.41, 5.74) is 0.829. The molecule has 0 fully saturated rings. The number of carbonyl (C=O) groups excluding carboxylic acids is 2. The number of rotatable bonds is 3. The summed E-state index contributed by atoms with van der Waals surface area (Å²) in [5.74, 6) is -0.595. The first-order chi connectivity index (χ1) is 10.1. The van der Waals surface area contributed by atoms with E-state index < -0.39 is 12.0 Å². The predicted molar refractivity (Wildman–Crippen MR) is 78.5 cm³/mol. The maximum absolute atomic E-state index is 11.9. The lowest BCUT2D eigenvalue weighted by molar-refractivity contribution is 0.0602. The van der Waals surface area contributed by atoms with Crippen molar-refractivity contribution in [3.63, 3.8) is 0 Å². The Morgan fingerprint density at radius 3 is 2.19 bits per heavy atom. The highest BCUT2D eigenvalue weighted by Gasteiger charge is 2.13. The fourth-order valence-corrected chi connectivity index (χ4v) is 1.74. The van der Waals surface area contributed by atoms with Crippen LogP contribution in [0.5, 0.6) is 5.75 Å². The Bertz CT molecular complexity index is 670. The van der Waals surface area contributed by atoms with E-state index in [1.807, 2.05) is 0 Å². The molecule has 0 spiro atoms. The van der Waals surface area contributed by atoms with Crippen LogP contribution < -0.4 is 10.6 Å². The summed E-state index contributed by atoms with van der Waals surface area (Å²) in [7, 11) is 1.27. The molecule has 3 N–H and O–H groups in total. The zero-order chi connectivity index (χ0) is 15.2. The molecule has 6 heteroatoms. The number of amides is 2. The first kappa shape index (κ1) is 14.4. The fourth-order valence-electron chi connectivity index (χ4n) is 1.74. The Morgan fingerprint density at radius 2 is 1.52 bits per heavy atom. The Kier molecular flexibility index (Phi) is 4.40. The van der Waals surface area contributed by atoms with E-state index in [2.05, 4.69) is 15.4 Å². The van der Waals surface area contributed by atoms with Crippen LogP contribution in [-0.2, 0) is 4.74 Å². The molecule has 21 heavy (non-hydrogen) atoms. The first-order valence-electron chi connectivity index (χ1n) is 6.15. The monoisotopic (exact) mass is 286 g/mol. The first-order valence-corrected chi connectivity index (χ1v) is 6.15. The minimum absolute atomic E-state index is 0.0473. The zero-order valence-electron chi connectivity index (χ0n) is 11.3. The third-order valence-corrected chi connectivity index (χ3v) is 2.73. The molecular weight excluding hydrogens is 272 g/mol. The van der Waals surface area contributed by atoms with Gasteiger partial charge in [0.25, 0.3) is 0 Å². The highest BCUT2D eigenvalue weighted by atomic mass is 16.5. The minimum atomic E-state index is -0.576. The summed E-state index contributed by atoms with van der Waals surface area (Å²) in [5, 5.41) is 14.6. The Morgan fingerprint density at radius 1 is 0.952 bits per heavy atom. The highest BCUT2D eigenvalue weighted by Crippen LogP contribution is 2.22. The summed E-state index contributed by atoms with van der Waals surface area (Å²) in [6.07, 6.45) is 0. The number of ether oxygens (including phenoxy) is 1. The molecule has 0 aliphatic rings.